The van der Waals surface area contributed by atoms with Gasteiger partial charge in [0.2, 0.25) is 0 Å². The first-order chi connectivity index (χ1) is 8.42. The van der Waals surface area contributed by atoms with Crippen LogP contribution in [0, 0.1) is 5.92 Å². The maximum atomic E-state index is 4.30. The van der Waals surface area contributed by atoms with Crippen molar-refractivity contribution in [2.45, 2.75) is 32.1 Å². The highest BCUT2D eigenvalue weighted by Gasteiger charge is 2.15. The average Bonchev–Trinajstić information content (AvgIpc) is 2.85. The maximum absolute atomic E-state index is 4.30. The van der Waals surface area contributed by atoms with Crippen LogP contribution in [0.5, 0.6) is 0 Å². The third-order valence-corrected chi connectivity index (χ3v) is 3.85. The van der Waals surface area contributed by atoms with Crippen molar-refractivity contribution in [2.75, 3.05) is 25.0 Å². The predicted octanol–water partition coefficient (Wildman–Crippen LogP) is 1.38. The summed E-state index contributed by atoms with van der Waals surface area (Å²) in [6.45, 7) is 3.35. The average molecular weight is 232 g/mol. The molecule has 4 heteroatoms. The summed E-state index contributed by atoms with van der Waals surface area (Å²) in [6.07, 6.45) is 6.06. The lowest BCUT2D eigenvalue weighted by atomic mass is 9.98. The standard InChI is InChI=1S/C13H20N4/c1-2-11-8-13(17-16-12(11)3-1)15-9-10-4-6-14-7-5-10/h8,10,14H,1-7,9H2,(H,15,17). The van der Waals surface area contributed by atoms with Crippen LogP contribution in [0.15, 0.2) is 6.07 Å². The normalized spacial score (nSPS) is 20.2. The van der Waals surface area contributed by atoms with E-state index < -0.39 is 0 Å². The molecule has 1 aliphatic heterocycles. The van der Waals surface area contributed by atoms with E-state index in [0.29, 0.717) is 0 Å². The highest BCUT2D eigenvalue weighted by atomic mass is 15.2. The summed E-state index contributed by atoms with van der Waals surface area (Å²) in [7, 11) is 0. The van der Waals surface area contributed by atoms with Crippen molar-refractivity contribution in [3.63, 3.8) is 0 Å². The van der Waals surface area contributed by atoms with Gasteiger partial charge in [-0.1, -0.05) is 0 Å². The van der Waals surface area contributed by atoms with E-state index in [2.05, 4.69) is 26.9 Å². The lowest BCUT2D eigenvalue weighted by Crippen LogP contribution is -2.31. The molecular formula is C13H20N4. The van der Waals surface area contributed by atoms with Gasteiger partial charge in [-0.2, -0.15) is 5.10 Å². The molecule has 1 aromatic heterocycles. The summed E-state index contributed by atoms with van der Waals surface area (Å²) < 4.78 is 0. The summed E-state index contributed by atoms with van der Waals surface area (Å²) in [5.41, 5.74) is 2.60. The van der Waals surface area contributed by atoms with Gasteiger partial charge < -0.3 is 10.6 Å². The summed E-state index contributed by atoms with van der Waals surface area (Å²) in [6, 6.07) is 2.19. The molecule has 2 heterocycles. The zero-order valence-electron chi connectivity index (χ0n) is 10.2. The van der Waals surface area contributed by atoms with Crippen LogP contribution in [-0.2, 0) is 12.8 Å². The second-order valence-corrected chi connectivity index (χ2v) is 5.13. The number of hydrogen-bond acceptors (Lipinski definition) is 4. The molecule has 2 aliphatic rings. The molecule has 3 rings (SSSR count). The van der Waals surface area contributed by atoms with Crippen molar-refractivity contribution in [1.29, 1.82) is 0 Å². The molecule has 4 nitrogen and oxygen atoms in total. The van der Waals surface area contributed by atoms with Crippen LogP contribution in [0.3, 0.4) is 0 Å². The Labute approximate surface area is 102 Å². The highest BCUT2D eigenvalue weighted by molar-refractivity contribution is 5.39. The van der Waals surface area contributed by atoms with Crippen molar-refractivity contribution in [3.05, 3.63) is 17.3 Å². The van der Waals surface area contributed by atoms with Gasteiger partial charge in [-0.25, -0.2) is 0 Å². The molecule has 1 saturated heterocycles. The number of rotatable bonds is 3. The van der Waals surface area contributed by atoms with E-state index in [9.17, 15) is 0 Å². The molecule has 17 heavy (non-hydrogen) atoms. The molecule has 0 aromatic carbocycles. The molecule has 0 spiro atoms. The largest absolute Gasteiger partial charge is 0.368 e. The number of anilines is 1. The molecule has 1 aliphatic carbocycles. The number of aromatic nitrogens is 2. The van der Waals surface area contributed by atoms with Crippen LogP contribution < -0.4 is 10.6 Å². The molecule has 0 unspecified atom stereocenters. The van der Waals surface area contributed by atoms with Crippen molar-refractivity contribution >= 4 is 5.82 Å². The van der Waals surface area contributed by atoms with Crippen LogP contribution in [0.1, 0.15) is 30.5 Å². The fourth-order valence-electron chi connectivity index (χ4n) is 2.75. The minimum Gasteiger partial charge on any atom is -0.368 e. The number of nitrogens with one attached hydrogen (secondary N) is 2. The Bertz CT molecular complexity index is 385. The van der Waals surface area contributed by atoms with Gasteiger partial charge in [0.25, 0.3) is 0 Å². The van der Waals surface area contributed by atoms with Crippen molar-refractivity contribution < 1.29 is 0 Å². The first-order valence-corrected chi connectivity index (χ1v) is 6.72. The van der Waals surface area contributed by atoms with E-state index in [0.717, 1.165) is 37.8 Å². The number of aryl methyl sites for hydroxylation is 2. The fourth-order valence-corrected chi connectivity index (χ4v) is 2.75. The van der Waals surface area contributed by atoms with Gasteiger partial charge in [0, 0.05) is 6.54 Å². The number of nitrogens with zero attached hydrogens (tertiary/aromatic N) is 2. The van der Waals surface area contributed by atoms with E-state index >= 15 is 0 Å². The molecule has 0 radical (unpaired) electrons. The lowest BCUT2D eigenvalue weighted by Gasteiger charge is -2.22. The van der Waals surface area contributed by atoms with Gasteiger partial charge in [0.1, 0.15) is 5.82 Å². The SMILES string of the molecule is c1c(NCC2CCNCC2)nnc2c1CCC2. The number of hydrogen-bond donors (Lipinski definition) is 2. The minimum atomic E-state index is 0.784. The topological polar surface area (TPSA) is 49.8 Å². The Hall–Kier alpha value is -1.16. The number of piperidine rings is 1. The van der Waals surface area contributed by atoms with Gasteiger partial charge in [0.05, 0.1) is 5.69 Å². The van der Waals surface area contributed by atoms with Crippen LogP contribution in [-0.4, -0.2) is 29.8 Å². The monoisotopic (exact) mass is 232 g/mol. The molecule has 0 saturated carbocycles. The second-order valence-electron chi connectivity index (χ2n) is 5.13. The van der Waals surface area contributed by atoms with E-state index in [1.165, 1.54) is 36.9 Å². The maximum Gasteiger partial charge on any atom is 0.148 e. The van der Waals surface area contributed by atoms with Gasteiger partial charge in [-0.3, -0.25) is 0 Å². The molecule has 0 atom stereocenters. The third-order valence-electron chi connectivity index (χ3n) is 3.85. The number of fused-ring (bicyclic) bond motifs is 1. The van der Waals surface area contributed by atoms with Crippen LogP contribution in [0.4, 0.5) is 5.82 Å². The molecule has 0 amide bonds. The summed E-state index contributed by atoms with van der Waals surface area (Å²) in [5, 5.41) is 15.4. The van der Waals surface area contributed by atoms with Crippen molar-refractivity contribution in [3.8, 4) is 0 Å². The Morgan fingerprint density at radius 1 is 1.24 bits per heavy atom. The molecule has 1 fully saturated rings. The molecule has 92 valence electrons. The Balaban J connectivity index is 1.57. The van der Waals surface area contributed by atoms with Gasteiger partial charge in [-0.05, 0) is 62.7 Å². The fraction of sp³-hybridized carbons (Fsp3) is 0.692. The summed E-state index contributed by atoms with van der Waals surface area (Å²) >= 11 is 0. The van der Waals surface area contributed by atoms with Crippen molar-refractivity contribution in [1.82, 2.24) is 15.5 Å². The Kier molecular flexibility index (Phi) is 3.22. The van der Waals surface area contributed by atoms with Gasteiger partial charge in [-0.15, -0.1) is 5.10 Å². The summed E-state index contributed by atoms with van der Waals surface area (Å²) in [4.78, 5) is 0. The molecule has 0 bridgehead atoms. The summed E-state index contributed by atoms with van der Waals surface area (Å²) in [5.74, 6) is 1.75. The van der Waals surface area contributed by atoms with E-state index in [1.54, 1.807) is 0 Å². The van der Waals surface area contributed by atoms with Crippen LogP contribution in [0.2, 0.25) is 0 Å². The smallest absolute Gasteiger partial charge is 0.148 e. The zero-order valence-corrected chi connectivity index (χ0v) is 10.2. The van der Waals surface area contributed by atoms with Gasteiger partial charge >= 0.3 is 0 Å². The minimum absolute atomic E-state index is 0.784. The first-order valence-electron chi connectivity index (χ1n) is 6.72. The van der Waals surface area contributed by atoms with E-state index in [4.69, 9.17) is 0 Å². The lowest BCUT2D eigenvalue weighted by molar-refractivity contribution is 0.389. The zero-order chi connectivity index (χ0) is 11.5. The van der Waals surface area contributed by atoms with Crippen LogP contribution >= 0.6 is 0 Å². The Morgan fingerprint density at radius 2 is 2.12 bits per heavy atom. The predicted molar refractivity (Wildman–Crippen MR) is 68.1 cm³/mol. The Morgan fingerprint density at radius 3 is 3.00 bits per heavy atom. The second kappa shape index (κ2) is 5.00. The first kappa shape index (κ1) is 11.0. The molecule has 1 aromatic rings. The highest BCUT2D eigenvalue weighted by Crippen LogP contribution is 2.21. The van der Waals surface area contributed by atoms with Gasteiger partial charge in [0.15, 0.2) is 0 Å². The molecular weight excluding hydrogens is 212 g/mol. The third kappa shape index (κ3) is 2.57. The van der Waals surface area contributed by atoms with Crippen molar-refractivity contribution in [2.24, 2.45) is 5.92 Å². The van der Waals surface area contributed by atoms with E-state index in [-0.39, 0.29) is 0 Å². The molecule has 2 N–H and O–H groups in total. The van der Waals surface area contributed by atoms with Crippen LogP contribution in [0.25, 0.3) is 0 Å². The quantitative estimate of drug-likeness (QED) is 0.826. The van der Waals surface area contributed by atoms with E-state index in [1.807, 2.05) is 0 Å².